The van der Waals surface area contributed by atoms with Gasteiger partial charge in [0.05, 0.1) is 20.4 Å². The zero-order valence-corrected chi connectivity index (χ0v) is 24.2. The molecule has 0 amide bonds. The molecular weight excluding hydrogens is 549 g/mol. The smallest absolute Gasteiger partial charge is 0.124 e. The Balaban J connectivity index is 1.31. The third-order valence-corrected chi connectivity index (χ3v) is 9.73. The van der Waals surface area contributed by atoms with Crippen LogP contribution in [0.15, 0.2) is 146 Å². The Hall–Kier alpha value is -4.90. The van der Waals surface area contributed by atoms with E-state index < -0.39 is 0 Å². The molecule has 0 aliphatic carbocycles. The van der Waals surface area contributed by atoms with Crippen LogP contribution < -0.4 is 0 Å². The zero-order valence-electron chi connectivity index (χ0n) is 22.6. The molecule has 42 heavy (non-hydrogen) atoms. The molecule has 0 spiro atoms. The molecule has 0 saturated carbocycles. The number of para-hydroxylation sites is 2. The average molecular weight is 573 g/mol. The number of rotatable bonds is 5. The molecule has 0 saturated heterocycles. The first kappa shape index (κ1) is 24.9. The van der Waals surface area contributed by atoms with E-state index in [9.17, 15) is 0 Å². The SMILES string of the molecule is c1ccc(-c2cccc(-c3cccc(-c4nc5ccccc5s4)c3)c2-c2cccc(-c3nc4ccccc4s3)c2)cc1. The number of thiazole rings is 2. The van der Waals surface area contributed by atoms with Gasteiger partial charge in [-0.25, -0.2) is 9.97 Å². The molecule has 0 atom stereocenters. The van der Waals surface area contributed by atoms with Crippen LogP contribution in [0.4, 0.5) is 0 Å². The number of nitrogens with zero attached hydrogens (tertiary/aromatic N) is 2. The van der Waals surface area contributed by atoms with E-state index >= 15 is 0 Å². The fourth-order valence-corrected chi connectivity index (χ4v) is 7.50. The third-order valence-electron chi connectivity index (χ3n) is 7.56. The van der Waals surface area contributed by atoms with Crippen LogP contribution in [0.5, 0.6) is 0 Å². The van der Waals surface area contributed by atoms with Crippen molar-refractivity contribution in [1.29, 1.82) is 0 Å². The molecule has 0 N–H and O–H groups in total. The first-order valence-corrected chi connectivity index (χ1v) is 15.5. The van der Waals surface area contributed by atoms with Crippen LogP contribution in [0.2, 0.25) is 0 Å². The van der Waals surface area contributed by atoms with Crippen molar-refractivity contribution in [1.82, 2.24) is 9.97 Å². The summed E-state index contributed by atoms with van der Waals surface area (Å²) in [5.74, 6) is 0. The summed E-state index contributed by atoms with van der Waals surface area (Å²) in [6.07, 6.45) is 0. The highest BCUT2D eigenvalue weighted by Gasteiger charge is 2.17. The van der Waals surface area contributed by atoms with Crippen LogP contribution in [0, 0.1) is 0 Å². The molecule has 2 heterocycles. The topological polar surface area (TPSA) is 25.8 Å². The molecule has 2 aromatic heterocycles. The highest BCUT2D eigenvalue weighted by molar-refractivity contribution is 7.22. The summed E-state index contributed by atoms with van der Waals surface area (Å²) in [4.78, 5) is 9.89. The van der Waals surface area contributed by atoms with Gasteiger partial charge in [0.25, 0.3) is 0 Å². The van der Waals surface area contributed by atoms with Crippen LogP contribution >= 0.6 is 22.7 Å². The van der Waals surface area contributed by atoms with Gasteiger partial charge in [-0.1, -0.05) is 109 Å². The van der Waals surface area contributed by atoms with Crippen LogP contribution in [0.25, 0.3) is 75.0 Å². The van der Waals surface area contributed by atoms with E-state index in [0.29, 0.717) is 0 Å². The summed E-state index contributed by atoms with van der Waals surface area (Å²) in [5, 5.41) is 2.08. The molecule has 0 fully saturated rings. The highest BCUT2D eigenvalue weighted by atomic mass is 32.1. The van der Waals surface area contributed by atoms with E-state index in [2.05, 4.69) is 133 Å². The van der Waals surface area contributed by atoms with Gasteiger partial charge >= 0.3 is 0 Å². The first-order chi connectivity index (χ1) is 20.8. The number of hydrogen-bond donors (Lipinski definition) is 0. The van der Waals surface area contributed by atoms with Crippen molar-refractivity contribution >= 4 is 43.1 Å². The molecule has 198 valence electrons. The first-order valence-electron chi connectivity index (χ1n) is 13.9. The largest absolute Gasteiger partial charge is 0.236 e. The Morgan fingerprint density at radius 1 is 0.357 bits per heavy atom. The van der Waals surface area contributed by atoms with Gasteiger partial charge in [-0.05, 0) is 69.8 Å². The molecule has 6 aromatic carbocycles. The minimum Gasteiger partial charge on any atom is -0.236 e. The van der Waals surface area contributed by atoms with Gasteiger partial charge in [0, 0.05) is 11.1 Å². The maximum atomic E-state index is 4.95. The minimum atomic E-state index is 1.04. The second-order valence-corrected chi connectivity index (χ2v) is 12.3. The van der Waals surface area contributed by atoms with E-state index in [1.165, 1.54) is 42.8 Å². The average Bonchev–Trinajstić information content (AvgIpc) is 3.70. The molecule has 4 heteroatoms. The van der Waals surface area contributed by atoms with Crippen LogP contribution in [0.1, 0.15) is 0 Å². The lowest BCUT2D eigenvalue weighted by atomic mass is 9.87. The summed E-state index contributed by atoms with van der Waals surface area (Å²) < 4.78 is 2.41. The lowest BCUT2D eigenvalue weighted by molar-refractivity contribution is 1.47. The van der Waals surface area contributed by atoms with Crippen molar-refractivity contribution in [2.24, 2.45) is 0 Å². The van der Waals surface area contributed by atoms with Gasteiger partial charge in [0.2, 0.25) is 0 Å². The van der Waals surface area contributed by atoms with Crippen molar-refractivity contribution in [3.8, 4) is 54.5 Å². The van der Waals surface area contributed by atoms with E-state index in [1.54, 1.807) is 22.7 Å². The normalized spacial score (nSPS) is 11.3. The lowest BCUT2D eigenvalue weighted by Crippen LogP contribution is -1.91. The predicted molar refractivity (Wildman–Crippen MR) is 180 cm³/mol. The Bertz CT molecular complexity index is 2140. The molecule has 0 aliphatic rings. The maximum absolute atomic E-state index is 4.95. The molecule has 0 radical (unpaired) electrons. The number of hydrogen-bond acceptors (Lipinski definition) is 4. The second-order valence-electron chi connectivity index (χ2n) is 10.2. The molecule has 0 unspecified atom stereocenters. The summed E-state index contributed by atoms with van der Waals surface area (Å²) in [6.45, 7) is 0. The van der Waals surface area contributed by atoms with Gasteiger partial charge in [0.1, 0.15) is 10.0 Å². The van der Waals surface area contributed by atoms with E-state index in [4.69, 9.17) is 9.97 Å². The van der Waals surface area contributed by atoms with Gasteiger partial charge in [-0.15, -0.1) is 22.7 Å². The summed E-state index contributed by atoms with van der Waals surface area (Å²) >= 11 is 3.48. The van der Waals surface area contributed by atoms with Crippen molar-refractivity contribution in [3.05, 3.63) is 146 Å². The van der Waals surface area contributed by atoms with Crippen LogP contribution in [-0.2, 0) is 0 Å². The fraction of sp³-hybridized carbons (Fsp3) is 0. The second kappa shape index (κ2) is 10.5. The monoisotopic (exact) mass is 572 g/mol. The lowest BCUT2D eigenvalue weighted by Gasteiger charge is -2.17. The number of benzene rings is 6. The number of aromatic nitrogens is 2. The summed E-state index contributed by atoms with van der Waals surface area (Å²) in [5.41, 5.74) is 11.5. The minimum absolute atomic E-state index is 1.04. The predicted octanol–water partition coefficient (Wildman–Crippen LogP) is 11.2. The highest BCUT2D eigenvalue weighted by Crippen LogP contribution is 2.43. The van der Waals surface area contributed by atoms with Crippen LogP contribution in [-0.4, -0.2) is 9.97 Å². The standard InChI is InChI=1S/C38H24N2S2/c1-2-11-25(12-3-1)30-17-10-18-31(26-13-8-15-28(23-26)37-39-32-19-4-6-21-34(32)41-37)36(30)27-14-9-16-29(24-27)38-40-33-20-5-7-22-35(33)42-38/h1-24H. The van der Waals surface area contributed by atoms with Crippen molar-refractivity contribution < 1.29 is 0 Å². The van der Waals surface area contributed by atoms with E-state index in [1.807, 2.05) is 12.1 Å². The molecule has 0 bridgehead atoms. The number of fused-ring (bicyclic) bond motifs is 2. The Kier molecular flexibility index (Phi) is 6.21. The van der Waals surface area contributed by atoms with E-state index in [-0.39, 0.29) is 0 Å². The van der Waals surface area contributed by atoms with Crippen molar-refractivity contribution in [3.63, 3.8) is 0 Å². The quantitative estimate of drug-likeness (QED) is 0.205. The Morgan fingerprint density at radius 3 is 1.43 bits per heavy atom. The summed E-state index contributed by atoms with van der Waals surface area (Å²) in [6, 6.07) is 51.6. The Labute approximate surface area is 252 Å². The third kappa shape index (κ3) is 4.51. The van der Waals surface area contributed by atoms with Gasteiger partial charge < -0.3 is 0 Å². The molecule has 8 rings (SSSR count). The molecule has 2 nitrogen and oxygen atoms in total. The fourth-order valence-electron chi connectivity index (χ4n) is 5.58. The molecule has 8 aromatic rings. The van der Waals surface area contributed by atoms with Crippen molar-refractivity contribution in [2.75, 3.05) is 0 Å². The van der Waals surface area contributed by atoms with Crippen molar-refractivity contribution in [2.45, 2.75) is 0 Å². The maximum Gasteiger partial charge on any atom is 0.124 e. The molecular formula is C38H24N2S2. The van der Waals surface area contributed by atoms with Gasteiger partial charge in [-0.2, -0.15) is 0 Å². The zero-order chi connectivity index (χ0) is 27.9. The van der Waals surface area contributed by atoms with Crippen LogP contribution in [0.3, 0.4) is 0 Å². The summed E-state index contributed by atoms with van der Waals surface area (Å²) in [7, 11) is 0. The van der Waals surface area contributed by atoms with Gasteiger partial charge in [0.15, 0.2) is 0 Å². The Morgan fingerprint density at radius 2 is 0.810 bits per heavy atom. The van der Waals surface area contributed by atoms with E-state index in [0.717, 1.165) is 32.2 Å². The molecule has 0 aliphatic heterocycles. The van der Waals surface area contributed by atoms with Gasteiger partial charge in [-0.3, -0.25) is 0 Å².